The first-order valence-corrected chi connectivity index (χ1v) is 7.11. The Bertz CT molecular complexity index is 1000. The smallest absolute Gasteiger partial charge is 0.265 e. The summed E-state index contributed by atoms with van der Waals surface area (Å²) in [5.74, 6) is -0.504. The molecule has 0 spiro atoms. The van der Waals surface area contributed by atoms with E-state index in [0.717, 1.165) is 28.0 Å². The Morgan fingerprint density at radius 2 is 1.96 bits per heavy atom. The molecule has 0 aliphatic heterocycles. The number of nitrogens with two attached hydrogens (primary N) is 1. The third-order valence-electron chi connectivity index (χ3n) is 3.74. The Hall–Kier alpha value is -3.41. The van der Waals surface area contributed by atoms with Crippen LogP contribution in [0.1, 0.15) is 10.5 Å². The van der Waals surface area contributed by atoms with E-state index in [2.05, 4.69) is 15.1 Å². The summed E-state index contributed by atoms with van der Waals surface area (Å²) >= 11 is 0. The molecule has 6 heteroatoms. The van der Waals surface area contributed by atoms with Gasteiger partial charge in [-0.25, -0.2) is 9.50 Å². The van der Waals surface area contributed by atoms with Crippen molar-refractivity contribution in [3.63, 3.8) is 0 Å². The van der Waals surface area contributed by atoms with Crippen molar-refractivity contribution in [1.82, 2.24) is 19.6 Å². The van der Waals surface area contributed by atoms with Crippen molar-refractivity contribution in [3.05, 3.63) is 66.7 Å². The fraction of sp³-hybridized carbons (Fsp3) is 0. The Labute approximate surface area is 131 Å². The van der Waals surface area contributed by atoms with Crippen molar-refractivity contribution < 1.29 is 4.79 Å². The van der Waals surface area contributed by atoms with Crippen LogP contribution in [-0.2, 0) is 0 Å². The molecule has 1 aromatic carbocycles. The minimum Gasteiger partial charge on any atom is -0.364 e. The maximum Gasteiger partial charge on any atom is 0.265 e. The fourth-order valence-electron chi connectivity index (χ4n) is 2.70. The summed E-state index contributed by atoms with van der Waals surface area (Å²) in [6.07, 6.45) is 3.33. The molecule has 3 heterocycles. The molecule has 23 heavy (non-hydrogen) atoms. The number of hydrogen-bond acceptors (Lipinski definition) is 3. The van der Waals surface area contributed by atoms with E-state index in [1.54, 1.807) is 4.52 Å². The lowest BCUT2D eigenvalue weighted by atomic mass is 10.1. The van der Waals surface area contributed by atoms with E-state index in [9.17, 15) is 4.79 Å². The highest BCUT2D eigenvalue weighted by atomic mass is 16.1. The molecule has 3 N–H and O–H groups in total. The zero-order valence-electron chi connectivity index (χ0n) is 12.1. The average Bonchev–Trinajstić information content (AvgIpc) is 3.22. The van der Waals surface area contributed by atoms with Crippen LogP contribution < -0.4 is 5.73 Å². The number of aromatic amines is 1. The van der Waals surface area contributed by atoms with Crippen molar-refractivity contribution in [1.29, 1.82) is 0 Å². The van der Waals surface area contributed by atoms with Crippen molar-refractivity contribution in [3.8, 4) is 22.5 Å². The van der Waals surface area contributed by atoms with Crippen molar-refractivity contribution in [2.24, 2.45) is 5.73 Å². The van der Waals surface area contributed by atoms with Crippen LogP contribution in [0.2, 0.25) is 0 Å². The molecule has 4 aromatic rings. The molecular weight excluding hydrogens is 290 g/mol. The molecule has 0 saturated carbocycles. The summed E-state index contributed by atoms with van der Waals surface area (Å²) < 4.78 is 1.73. The van der Waals surface area contributed by atoms with Crippen molar-refractivity contribution >= 4 is 11.4 Å². The highest BCUT2D eigenvalue weighted by Gasteiger charge is 2.17. The lowest BCUT2D eigenvalue weighted by Crippen LogP contribution is -2.12. The SMILES string of the molecule is NC(=O)c1[nH]c(-c2ncnn3cccc23)cc1-c1ccccc1. The molecular formula is C17H13N5O. The minimum atomic E-state index is -0.504. The van der Waals surface area contributed by atoms with Gasteiger partial charge in [0.15, 0.2) is 0 Å². The zero-order chi connectivity index (χ0) is 15.8. The molecule has 0 fully saturated rings. The van der Waals surface area contributed by atoms with Crippen LogP contribution in [-0.4, -0.2) is 25.5 Å². The van der Waals surface area contributed by atoms with Gasteiger partial charge in [0.2, 0.25) is 0 Å². The molecule has 3 aromatic heterocycles. The Kier molecular flexibility index (Phi) is 2.94. The number of benzene rings is 1. The molecule has 0 saturated heterocycles. The van der Waals surface area contributed by atoms with Gasteiger partial charge >= 0.3 is 0 Å². The monoisotopic (exact) mass is 303 g/mol. The molecule has 6 nitrogen and oxygen atoms in total. The second-order valence-corrected chi connectivity index (χ2v) is 5.15. The van der Waals surface area contributed by atoms with Gasteiger partial charge in [0.1, 0.15) is 17.7 Å². The van der Waals surface area contributed by atoms with Gasteiger partial charge in [-0.3, -0.25) is 4.79 Å². The number of aromatic nitrogens is 4. The van der Waals surface area contributed by atoms with Gasteiger partial charge in [-0.1, -0.05) is 30.3 Å². The standard InChI is InChI=1S/C17H13N5O/c18-17(23)15-12(11-5-2-1-3-6-11)9-13(21-15)16-14-7-4-8-22(14)20-10-19-16/h1-10,21H,(H2,18,23). The summed E-state index contributed by atoms with van der Waals surface area (Å²) in [7, 11) is 0. The molecule has 0 atom stereocenters. The van der Waals surface area contributed by atoms with Crippen molar-refractivity contribution in [2.45, 2.75) is 0 Å². The number of amides is 1. The summed E-state index contributed by atoms with van der Waals surface area (Å²) in [5, 5.41) is 4.15. The predicted octanol–water partition coefficient (Wildman–Crippen LogP) is 2.49. The normalized spacial score (nSPS) is 11.0. The van der Waals surface area contributed by atoms with Crippen molar-refractivity contribution in [2.75, 3.05) is 0 Å². The van der Waals surface area contributed by atoms with Gasteiger partial charge in [0.25, 0.3) is 5.91 Å². The molecule has 0 radical (unpaired) electrons. The molecule has 1 amide bonds. The molecule has 0 unspecified atom stereocenters. The number of hydrogen-bond donors (Lipinski definition) is 2. The largest absolute Gasteiger partial charge is 0.364 e. The topological polar surface area (TPSA) is 89.1 Å². The number of carbonyl (C=O) groups excluding carboxylic acids is 1. The van der Waals surface area contributed by atoms with E-state index in [0.29, 0.717) is 5.69 Å². The molecule has 112 valence electrons. The first-order chi connectivity index (χ1) is 11.2. The highest BCUT2D eigenvalue weighted by Crippen LogP contribution is 2.30. The van der Waals surface area contributed by atoms with Crippen LogP contribution in [0, 0.1) is 0 Å². The number of nitrogens with zero attached hydrogens (tertiary/aromatic N) is 3. The summed E-state index contributed by atoms with van der Waals surface area (Å²) in [4.78, 5) is 19.2. The second-order valence-electron chi connectivity index (χ2n) is 5.15. The third-order valence-corrected chi connectivity index (χ3v) is 3.74. The van der Waals surface area contributed by atoms with Gasteiger partial charge < -0.3 is 10.7 Å². The van der Waals surface area contributed by atoms with Crippen LogP contribution in [0.5, 0.6) is 0 Å². The van der Waals surface area contributed by atoms with Gasteiger partial charge in [0.05, 0.1) is 11.2 Å². The molecule has 0 aliphatic carbocycles. The van der Waals surface area contributed by atoms with Crippen LogP contribution >= 0.6 is 0 Å². The lowest BCUT2D eigenvalue weighted by Gasteiger charge is -2.00. The van der Waals surface area contributed by atoms with E-state index < -0.39 is 5.91 Å². The van der Waals surface area contributed by atoms with Gasteiger partial charge in [-0.15, -0.1) is 0 Å². The second kappa shape index (κ2) is 5.10. The van der Waals surface area contributed by atoms with Crippen LogP contribution in [0.25, 0.3) is 28.0 Å². The Morgan fingerprint density at radius 1 is 1.13 bits per heavy atom. The minimum absolute atomic E-state index is 0.370. The van der Waals surface area contributed by atoms with Gasteiger partial charge in [-0.05, 0) is 23.8 Å². The summed E-state index contributed by atoms with van der Waals surface area (Å²) in [5.41, 5.74) is 9.87. The molecule has 0 aliphatic rings. The number of nitrogens with one attached hydrogen (secondary N) is 1. The molecule has 4 rings (SSSR count). The maximum absolute atomic E-state index is 11.8. The Balaban J connectivity index is 1.94. The van der Waals surface area contributed by atoms with E-state index in [4.69, 9.17) is 5.73 Å². The van der Waals surface area contributed by atoms with Crippen LogP contribution in [0.15, 0.2) is 61.1 Å². The van der Waals surface area contributed by atoms with Crippen LogP contribution in [0.3, 0.4) is 0 Å². The number of rotatable bonds is 3. The quantitative estimate of drug-likeness (QED) is 0.609. The molecule has 0 bridgehead atoms. The first-order valence-electron chi connectivity index (χ1n) is 7.11. The summed E-state index contributed by atoms with van der Waals surface area (Å²) in [6, 6.07) is 15.3. The number of carbonyl (C=O) groups is 1. The van der Waals surface area contributed by atoms with E-state index in [-0.39, 0.29) is 0 Å². The third kappa shape index (κ3) is 2.17. The van der Waals surface area contributed by atoms with Gasteiger partial charge in [-0.2, -0.15) is 5.10 Å². The van der Waals surface area contributed by atoms with Crippen LogP contribution in [0.4, 0.5) is 0 Å². The fourth-order valence-corrected chi connectivity index (χ4v) is 2.70. The number of primary amides is 1. The average molecular weight is 303 g/mol. The van der Waals surface area contributed by atoms with Gasteiger partial charge in [0, 0.05) is 11.8 Å². The highest BCUT2D eigenvalue weighted by molar-refractivity contribution is 6.00. The number of fused-ring (bicyclic) bond motifs is 1. The van der Waals surface area contributed by atoms with E-state index >= 15 is 0 Å². The lowest BCUT2D eigenvalue weighted by molar-refractivity contribution is 0.0997. The first kappa shape index (κ1) is 13.3. The Morgan fingerprint density at radius 3 is 2.74 bits per heavy atom. The zero-order valence-corrected chi connectivity index (χ0v) is 12.1. The van der Waals surface area contributed by atoms with E-state index in [1.807, 2.05) is 54.7 Å². The maximum atomic E-state index is 11.8. The summed E-state index contributed by atoms with van der Waals surface area (Å²) in [6.45, 7) is 0. The number of H-pyrrole nitrogens is 1. The van der Waals surface area contributed by atoms with E-state index in [1.165, 1.54) is 6.33 Å². The predicted molar refractivity (Wildman–Crippen MR) is 86.7 cm³/mol.